The number of hydrogen-bond acceptors (Lipinski definition) is 3. The minimum Gasteiger partial charge on any atom is -0.324 e. The van der Waals surface area contributed by atoms with Crippen molar-refractivity contribution in [2.24, 2.45) is 5.73 Å². The zero-order chi connectivity index (χ0) is 16.2. The summed E-state index contributed by atoms with van der Waals surface area (Å²) in [5.41, 5.74) is 7.03. The van der Waals surface area contributed by atoms with E-state index in [4.69, 9.17) is 5.73 Å². The maximum atomic E-state index is 12.6. The lowest BCUT2D eigenvalue weighted by molar-refractivity contribution is 0.0997. The van der Waals surface area contributed by atoms with Crippen molar-refractivity contribution >= 4 is 28.2 Å². The molecule has 0 atom stereocenters. The van der Waals surface area contributed by atoms with Gasteiger partial charge < -0.3 is 11.1 Å². The molecular weight excluding hydrogens is 288 g/mol. The van der Waals surface area contributed by atoms with Gasteiger partial charge in [0.2, 0.25) is 0 Å². The fraction of sp³-hybridized carbons (Fsp3) is 0.0526. The number of ketones is 1. The van der Waals surface area contributed by atoms with Crippen molar-refractivity contribution in [1.29, 1.82) is 0 Å². The standard InChI is InChI=1S/C19H16N2O2/c20-12-18(22)14-7-3-8-15(11-14)21-19(23)17-10-4-6-13-5-1-2-9-16(13)17/h1-11H,12,20H2,(H,21,23). The summed E-state index contributed by atoms with van der Waals surface area (Å²) in [6.45, 7) is -0.0548. The second kappa shape index (κ2) is 6.42. The van der Waals surface area contributed by atoms with Gasteiger partial charge in [0.1, 0.15) is 0 Å². The van der Waals surface area contributed by atoms with E-state index in [2.05, 4.69) is 5.32 Å². The van der Waals surface area contributed by atoms with Gasteiger partial charge in [0.15, 0.2) is 5.78 Å². The number of carbonyl (C=O) groups excluding carboxylic acids is 2. The van der Waals surface area contributed by atoms with E-state index in [1.54, 1.807) is 30.3 Å². The number of anilines is 1. The van der Waals surface area contributed by atoms with Gasteiger partial charge in [-0.05, 0) is 29.0 Å². The van der Waals surface area contributed by atoms with E-state index in [1.165, 1.54) is 0 Å². The van der Waals surface area contributed by atoms with Gasteiger partial charge in [-0.15, -0.1) is 0 Å². The lowest BCUT2D eigenvalue weighted by Crippen LogP contribution is -2.15. The van der Waals surface area contributed by atoms with Crippen LogP contribution in [0.4, 0.5) is 5.69 Å². The SMILES string of the molecule is NCC(=O)c1cccc(NC(=O)c2cccc3ccccc23)c1. The van der Waals surface area contributed by atoms with Gasteiger partial charge in [0.25, 0.3) is 5.91 Å². The van der Waals surface area contributed by atoms with Crippen LogP contribution >= 0.6 is 0 Å². The molecule has 114 valence electrons. The van der Waals surface area contributed by atoms with Crippen LogP contribution in [0, 0.1) is 0 Å². The number of hydrogen-bond donors (Lipinski definition) is 2. The highest BCUT2D eigenvalue weighted by molar-refractivity contribution is 6.13. The van der Waals surface area contributed by atoms with Crippen molar-refractivity contribution in [2.45, 2.75) is 0 Å². The van der Waals surface area contributed by atoms with Crippen LogP contribution in [-0.2, 0) is 0 Å². The summed E-state index contributed by atoms with van der Waals surface area (Å²) in [4.78, 5) is 24.2. The molecule has 0 aromatic heterocycles. The molecule has 3 aromatic rings. The lowest BCUT2D eigenvalue weighted by Gasteiger charge is -2.09. The summed E-state index contributed by atoms with van der Waals surface area (Å²) in [5.74, 6) is -0.370. The number of Topliss-reactive ketones (excluding diaryl/α,β-unsaturated/α-hetero) is 1. The molecule has 4 nitrogen and oxygen atoms in total. The minimum atomic E-state index is -0.209. The van der Waals surface area contributed by atoms with E-state index in [-0.39, 0.29) is 18.2 Å². The van der Waals surface area contributed by atoms with Gasteiger partial charge in [0, 0.05) is 16.8 Å². The Bertz CT molecular complexity index is 882. The van der Waals surface area contributed by atoms with Crippen molar-refractivity contribution in [3.63, 3.8) is 0 Å². The number of nitrogens with one attached hydrogen (secondary N) is 1. The first kappa shape index (κ1) is 14.9. The molecule has 3 N–H and O–H groups in total. The number of amides is 1. The van der Waals surface area contributed by atoms with Crippen LogP contribution in [0.25, 0.3) is 10.8 Å². The Morgan fingerprint density at radius 2 is 1.65 bits per heavy atom. The molecule has 0 aliphatic rings. The van der Waals surface area contributed by atoms with E-state index in [0.29, 0.717) is 16.8 Å². The first-order valence-electron chi connectivity index (χ1n) is 7.31. The topological polar surface area (TPSA) is 72.2 Å². The van der Waals surface area contributed by atoms with Crippen molar-refractivity contribution in [3.8, 4) is 0 Å². The summed E-state index contributed by atoms with van der Waals surface area (Å²) in [7, 11) is 0. The number of rotatable bonds is 4. The fourth-order valence-electron chi connectivity index (χ4n) is 2.51. The predicted molar refractivity (Wildman–Crippen MR) is 91.7 cm³/mol. The van der Waals surface area contributed by atoms with Gasteiger partial charge in [-0.1, -0.05) is 48.5 Å². The Morgan fingerprint density at radius 3 is 2.48 bits per heavy atom. The number of fused-ring (bicyclic) bond motifs is 1. The number of carbonyl (C=O) groups is 2. The van der Waals surface area contributed by atoms with Crippen LogP contribution in [0.5, 0.6) is 0 Å². The van der Waals surface area contributed by atoms with Crippen molar-refractivity contribution in [3.05, 3.63) is 77.9 Å². The Hall–Kier alpha value is -2.98. The van der Waals surface area contributed by atoms with E-state index >= 15 is 0 Å². The average molecular weight is 304 g/mol. The van der Waals surface area contributed by atoms with E-state index in [1.807, 2.05) is 36.4 Å². The monoisotopic (exact) mass is 304 g/mol. The number of benzene rings is 3. The summed E-state index contributed by atoms with van der Waals surface area (Å²) in [6, 6.07) is 20.1. The molecule has 0 saturated heterocycles. The van der Waals surface area contributed by atoms with Crippen LogP contribution < -0.4 is 11.1 Å². The van der Waals surface area contributed by atoms with Gasteiger partial charge >= 0.3 is 0 Å². The molecule has 0 heterocycles. The third-order valence-corrected chi connectivity index (χ3v) is 3.66. The zero-order valence-electron chi connectivity index (χ0n) is 12.5. The highest BCUT2D eigenvalue weighted by Gasteiger charge is 2.11. The Balaban J connectivity index is 1.91. The number of nitrogens with two attached hydrogens (primary N) is 1. The highest BCUT2D eigenvalue weighted by Crippen LogP contribution is 2.20. The predicted octanol–water partition coefficient (Wildman–Crippen LogP) is 3.23. The summed E-state index contributed by atoms with van der Waals surface area (Å²) < 4.78 is 0. The Labute approximate surface area is 133 Å². The van der Waals surface area contributed by atoms with Crippen LogP contribution in [0.15, 0.2) is 66.7 Å². The largest absolute Gasteiger partial charge is 0.324 e. The molecule has 1 amide bonds. The van der Waals surface area contributed by atoms with Gasteiger partial charge in [-0.3, -0.25) is 9.59 Å². The molecule has 0 bridgehead atoms. The van der Waals surface area contributed by atoms with E-state index < -0.39 is 0 Å². The summed E-state index contributed by atoms with van der Waals surface area (Å²) in [6.07, 6.45) is 0. The van der Waals surface area contributed by atoms with Crippen LogP contribution in [0.3, 0.4) is 0 Å². The van der Waals surface area contributed by atoms with Gasteiger partial charge in [0.05, 0.1) is 6.54 Å². The van der Waals surface area contributed by atoms with E-state index in [9.17, 15) is 9.59 Å². The Morgan fingerprint density at radius 1 is 0.913 bits per heavy atom. The first-order chi connectivity index (χ1) is 11.2. The second-order valence-corrected chi connectivity index (χ2v) is 5.19. The quantitative estimate of drug-likeness (QED) is 0.727. The summed E-state index contributed by atoms with van der Waals surface area (Å²) >= 11 is 0. The van der Waals surface area contributed by atoms with Crippen molar-refractivity contribution < 1.29 is 9.59 Å². The van der Waals surface area contributed by atoms with Crippen LogP contribution in [0.1, 0.15) is 20.7 Å². The lowest BCUT2D eigenvalue weighted by atomic mass is 10.0. The molecule has 0 saturated carbocycles. The maximum absolute atomic E-state index is 12.6. The highest BCUT2D eigenvalue weighted by atomic mass is 16.1. The van der Waals surface area contributed by atoms with E-state index in [0.717, 1.165) is 10.8 Å². The maximum Gasteiger partial charge on any atom is 0.256 e. The fourth-order valence-corrected chi connectivity index (χ4v) is 2.51. The second-order valence-electron chi connectivity index (χ2n) is 5.19. The zero-order valence-corrected chi connectivity index (χ0v) is 12.5. The molecule has 0 aliphatic carbocycles. The van der Waals surface area contributed by atoms with Gasteiger partial charge in [-0.25, -0.2) is 0 Å². The summed E-state index contributed by atoms with van der Waals surface area (Å²) in [5, 5.41) is 4.73. The molecule has 0 unspecified atom stereocenters. The third-order valence-electron chi connectivity index (χ3n) is 3.66. The molecule has 3 rings (SSSR count). The molecule has 23 heavy (non-hydrogen) atoms. The molecule has 0 aliphatic heterocycles. The smallest absolute Gasteiger partial charge is 0.256 e. The van der Waals surface area contributed by atoms with Gasteiger partial charge in [-0.2, -0.15) is 0 Å². The van der Waals surface area contributed by atoms with Crippen molar-refractivity contribution in [1.82, 2.24) is 0 Å². The normalized spacial score (nSPS) is 10.5. The molecule has 4 heteroatoms. The van der Waals surface area contributed by atoms with Crippen molar-refractivity contribution in [2.75, 3.05) is 11.9 Å². The average Bonchev–Trinajstić information content (AvgIpc) is 2.60. The molecular formula is C19H16N2O2. The van der Waals surface area contributed by atoms with Crippen LogP contribution in [0.2, 0.25) is 0 Å². The Kier molecular flexibility index (Phi) is 4.17. The molecule has 0 spiro atoms. The molecule has 3 aromatic carbocycles. The minimum absolute atomic E-state index is 0.0548. The molecule has 0 radical (unpaired) electrons. The third kappa shape index (κ3) is 3.12. The first-order valence-corrected chi connectivity index (χ1v) is 7.31. The van der Waals surface area contributed by atoms with Crippen LogP contribution in [-0.4, -0.2) is 18.2 Å². The molecule has 0 fully saturated rings.